The minimum atomic E-state index is 0.514. The van der Waals surface area contributed by atoms with Gasteiger partial charge in [0.05, 0.1) is 29.1 Å². The van der Waals surface area contributed by atoms with Crippen molar-refractivity contribution in [1.82, 2.24) is 24.9 Å². The van der Waals surface area contributed by atoms with Gasteiger partial charge >= 0.3 is 0 Å². The molecular formula is C26H30N6O2S. The fraction of sp³-hybridized carbons (Fsp3) is 0.423. The third-order valence-electron chi connectivity index (χ3n) is 6.76. The molecule has 5 heterocycles. The highest BCUT2D eigenvalue weighted by atomic mass is 32.1. The highest BCUT2D eigenvalue weighted by Gasteiger charge is 2.22. The number of piperazine rings is 1. The number of nitrogens with zero attached hydrogens (tertiary/aromatic N) is 6. The van der Waals surface area contributed by atoms with Crippen molar-refractivity contribution in [3.63, 3.8) is 0 Å². The quantitative estimate of drug-likeness (QED) is 0.417. The number of hydrogen-bond donors (Lipinski definition) is 0. The first-order valence-electron chi connectivity index (χ1n) is 12.2. The Kier molecular flexibility index (Phi) is 6.24. The fourth-order valence-corrected chi connectivity index (χ4v) is 5.92. The molecule has 2 aliphatic heterocycles. The third kappa shape index (κ3) is 4.81. The molecular weight excluding hydrogens is 460 g/mol. The predicted octanol–water partition coefficient (Wildman–Crippen LogP) is 3.91. The molecule has 1 aromatic carbocycles. The molecule has 35 heavy (non-hydrogen) atoms. The van der Waals surface area contributed by atoms with Crippen LogP contribution in [0.4, 0.5) is 5.69 Å². The lowest BCUT2D eigenvalue weighted by Gasteiger charge is -2.31. The largest absolute Gasteiger partial charge is 0.378 e. The van der Waals surface area contributed by atoms with Crippen molar-refractivity contribution in [3.05, 3.63) is 46.8 Å². The first-order valence-corrected chi connectivity index (χ1v) is 13.0. The number of aryl methyl sites for hydroxylation is 1. The molecule has 6 rings (SSSR count). The number of anilines is 1. The number of aromatic nitrogens is 3. The van der Waals surface area contributed by atoms with E-state index < -0.39 is 0 Å². The maximum absolute atomic E-state index is 5.63. The van der Waals surface area contributed by atoms with Gasteiger partial charge in [0, 0.05) is 56.3 Å². The number of thiophene rings is 1. The van der Waals surface area contributed by atoms with Gasteiger partial charge in [-0.25, -0.2) is 4.98 Å². The number of rotatable bonds is 5. The second-order valence-electron chi connectivity index (χ2n) is 9.43. The second kappa shape index (κ2) is 9.66. The van der Waals surface area contributed by atoms with Crippen LogP contribution >= 0.6 is 11.3 Å². The maximum atomic E-state index is 5.63. The summed E-state index contributed by atoms with van der Waals surface area (Å²) in [6.07, 6.45) is 0. The van der Waals surface area contributed by atoms with Crippen LogP contribution in [-0.4, -0.2) is 84.5 Å². The van der Waals surface area contributed by atoms with Crippen LogP contribution in [0.15, 0.2) is 40.9 Å². The van der Waals surface area contributed by atoms with Crippen LogP contribution in [0.25, 0.3) is 33.2 Å². The number of fused-ring (bicyclic) bond motifs is 1. The first kappa shape index (κ1) is 22.6. The minimum Gasteiger partial charge on any atom is -0.378 e. The molecule has 2 aliphatic rings. The third-order valence-corrected chi connectivity index (χ3v) is 7.89. The molecule has 0 bridgehead atoms. The van der Waals surface area contributed by atoms with Crippen LogP contribution in [0.5, 0.6) is 0 Å². The fourth-order valence-electron chi connectivity index (χ4n) is 4.74. The smallest absolute Gasteiger partial charge is 0.258 e. The van der Waals surface area contributed by atoms with Crippen molar-refractivity contribution in [2.75, 3.05) is 64.4 Å². The van der Waals surface area contributed by atoms with Crippen molar-refractivity contribution in [2.45, 2.75) is 13.5 Å². The Balaban J connectivity index is 1.36. The van der Waals surface area contributed by atoms with Crippen LogP contribution in [0, 0.1) is 6.92 Å². The van der Waals surface area contributed by atoms with E-state index in [1.165, 1.54) is 15.3 Å². The van der Waals surface area contributed by atoms with Gasteiger partial charge in [-0.2, -0.15) is 4.98 Å². The first-order chi connectivity index (χ1) is 17.1. The lowest BCUT2D eigenvalue weighted by Crippen LogP contribution is -2.43. The highest BCUT2D eigenvalue weighted by Crippen LogP contribution is 2.37. The zero-order valence-electron chi connectivity index (χ0n) is 20.2. The van der Waals surface area contributed by atoms with Crippen molar-refractivity contribution < 1.29 is 9.26 Å². The number of ether oxygens (including phenoxy) is 1. The Morgan fingerprint density at radius 2 is 1.80 bits per heavy atom. The van der Waals surface area contributed by atoms with Gasteiger partial charge in [-0.1, -0.05) is 22.9 Å². The summed E-state index contributed by atoms with van der Waals surface area (Å²) in [5.74, 6) is 1.03. The van der Waals surface area contributed by atoms with E-state index in [2.05, 4.69) is 58.1 Å². The second-order valence-corrected chi connectivity index (χ2v) is 10.6. The summed E-state index contributed by atoms with van der Waals surface area (Å²) in [6.45, 7) is 10.7. The molecule has 0 unspecified atom stereocenters. The monoisotopic (exact) mass is 490 g/mol. The van der Waals surface area contributed by atoms with E-state index >= 15 is 0 Å². The Labute approximate surface area is 209 Å². The molecule has 2 saturated heterocycles. The average Bonchev–Trinajstić information content (AvgIpc) is 3.53. The van der Waals surface area contributed by atoms with Gasteiger partial charge in [0.2, 0.25) is 5.82 Å². The van der Waals surface area contributed by atoms with Gasteiger partial charge in [0.25, 0.3) is 5.89 Å². The van der Waals surface area contributed by atoms with Crippen LogP contribution in [-0.2, 0) is 11.3 Å². The molecule has 0 amide bonds. The van der Waals surface area contributed by atoms with Gasteiger partial charge in [0.15, 0.2) is 0 Å². The summed E-state index contributed by atoms with van der Waals surface area (Å²) in [7, 11) is 2.19. The molecule has 9 heteroatoms. The van der Waals surface area contributed by atoms with Crippen LogP contribution in [0.1, 0.15) is 10.4 Å². The molecule has 0 atom stereocenters. The number of benzene rings is 1. The van der Waals surface area contributed by atoms with E-state index in [0.29, 0.717) is 11.7 Å². The van der Waals surface area contributed by atoms with E-state index in [1.807, 2.05) is 23.5 Å². The van der Waals surface area contributed by atoms with E-state index in [-0.39, 0.29) is 0 Å². The van der Waals surface area contributed by atoms with Gasteiger partial charge < -0.3 is 19.1 Å². The number of morpholine rings is 1. The van der Waals surface area contributed by atoms with Crippen LogP contribution in [0.2, 0.25) is 0 Å². The van der Waals surface area contributed by atoms with E-state index in [0.717, 1.165) is 81.4 Å². The molecule has 182 valence electrons. The molecule has 4 aromatic rings. The van der Waals surface area contributed by atoms with Crippen molar-refractivity contribution in [2.24, 2.45) is 0 Å². The number of likely N-dealkylation sites (N-methyl/N-ethyl adjacent to an activating group) is 1. The summed E-state index contributed by atoms with van der Waals surface area (Å²) in [6, 6.07) is 12.5. The predicted molar refractivity (Wildman–Crippen MR) is 139 cm³/mol. The van der Waals surface area contributed by atoms with Crippen LogP contribution in [0.3, 0.4) is 0 Å². The highest BCUT2D eigenvalue weighted by molar-refractivity contribution is 7.19. The average molecular weight is 491 g/mol. The standard InChI is InChI=1S/C26H30N6O2S/c1-18-4-3-5-19(14-18)26-28-25(29-34-26)22-16-23(32-10-12-33-13-11-32)24-21(27-22)15-20(35-24)17-31-8-6-30(2)7-9-31/h3-5,14-16H,6-13,17H2,1-2H3. The van der Waals surface area contributed by atoms with Gasteiger partial charge in [-0.05, 0) is 38.2 Å². The summed E-state index contributed by atoms with van der Waals surface area (Å²) in [4.78, 5) is 18.4. The molecule has 2 fully saturated rings. The Hall–Kier alpha value is -2.85. The summed E-state index contributed by atoms with van der Waals surface area (Å²) < 4.78 is 12.5. The molecule has 8 nitrogen and oxygen atoms in total. The summed E-state index contributed by atoms with van der Waals surface area (Å²) >= 11 is 1.86. The Morgan fingerprint density at radius 3 is 2.60 bits per heavy atom. The Bertz CT molecular complexity index is 1320. The SMILES string of the molecule is Cc1cccc(-c2nc(-c3cc(N4CCOCC4)c4sc(CN5CCN(C)CC5)cc4n3)no2)c1. The maximum Gasteiger partial charge on any atom is 0.258 e. The van der Waals surface area contributed by atoms with Gasteiger partial charge in [-0.3, -0.25) is 4.90 Å². The van der Waals surface area contributed by atoms with E-state index in [9.17, 15) is 0 Å². The van der Waals surface area contributed by atoms with Crippen LogP contribution < -0.4 is 4.90 Å². The van der Waals surface area contributed by atoms with Crippen molar-refractivity contribution in [1.29, 1.82) is 0 Å². The summed E-state index contributed by atoms with van der Waals surface area (Å²) in [5, 5.41) is 4.29. The van der Waals surface area contributed by atoms with E-state index in [4.69, 9.17) is 19.2 Å². The normalized spacial score (nSPS) is 17.9. The topological polar surface area (TPSA) is 70.8 Å². The number of hydrogen-bond acceptors (Lipinski definition) is 9. The van der Waals surface area contributed by atoms with Crippen molar-refractivity contribution >= 4 is 27.2 Å². The van der Waals surface area contributed by atoms with Crippen molar-refractivity contribution in [3.8, 4) is 23.0 Å². The zero-order valence-corrected chi connectivity index (χ0v) is 21.1. The molecule has 0 saturated carbocycles. The summed E-state index contributed by atoms with van der Waals surface area (Å²) in [5.41, 5.74) is 5.00. The molecule has 0 radical (unpaired) electrons. The van der Waals surface area contributed by atoms with Gasteiger partial charge in [-0.15, -0.1) is 11.3 Å². The minimum absolute atomic E-state index is 0.514. The molecule has 0 spiro atoms. The lowest BCUT2D eigenvalue weighted by molar-refractivity contribution is 0.123. The molecule has 0 aliphatic carbocycles. The lowest BCUT2D eigenvalue weighted by atomic mass is 10.1. The molecule has 3 aromatic heterocycles. The Morgan fingerprint density at radius 1 is 0.971 bits per heavy atom. The van der Waals surface area contributed by atoms with Gasteiger partial charge in [0.1, 0.15) is 5.69 Å². The zero-order chi connectivity index (χ0) is 23.8. The number of pyridine rings is 1. The van der Waals surface area contributed by atoms with E-state index in [1.54, 1.807) is 0 Å². The molecule has 0 N–H and O–H groups in total.